The summed E-state index contributed by atoms with van der Waals surface area (Å²) in [7, 11) is 0. The molecule has 0 spiro atoms. The summed E-state index contributed by atoms with van der Waals surface area (Å²) in [4.78, 5) is 10.4. The Morgan fingerprint density at radius 1 is 1.42 bits per heavy atom. The fourth-order valence-corrected chi connectivity index (χ4v) is 0.343. The lowest BCUT2D eigenvalue weighted by molar-refractivity contribution is -0.116. The molecule has 0 saturated heterocycles. The zero-order valence-corrected chi connectivity index (χ0v) is 8.42. The lowest BCUT2D eigenvalue weighted by Gasteiger charge is -2.02. The van der Waals surface area contributed by atoms with Crippen LogP contribution in [0.1, 0.15) is 27.7 Å². The lowest BCUT2D eigenvalue weighted by Crippen LogP contribution is -2.27. The zero-order valence-electron chi connectivity index (χ0n) is 8.42. The molecule has 3 nitrogen and oxygen atoms in total. The third-order valence-electron chi connectivity index (χ3n) is 0.616. The molecule has 12 heavy (non-hydrogen) atoms. The molecule has 0 unspecified atom stereocenters. The van der Waals surface area contributed by atoms with Crippen LogP contribution in [-0.2, 0) is 4.79 Å². The van der Waals surface area contributed by atoms with E-state index >= 15 is 0 Å². The zero-order chi connectivity index (χ0) is 10.1. The number of carbonyl (C=O) groups is 1. The molecule has 72 valence electrons. The van der Waals surface area contributed by atoms with Crippen molar-refractivity contribution in [2.75, 3.05) is 0 Å². The molecule has 0 fully saturated rings. The predicted molar refractivity (Wildman–Crippen MR) is 52.8 cm³/mol. The first-order valence-electron chi connectivity index (χ1n) is 4.08. The number of hydrogen-bond donors (Lipinski definition) is 2. The molecule has 3 N–H and O–H groups in total. The maximum atomic E-state index is 10.4. The molecule has 0 heterocycles. The molecule has 0 atom stereocenters. The van der Waals surface area contributed by atoms with Crippen LogP contribution in [0, 0.1) is 0 Å². The Bertz CT molecular complexity index is 128. The number of rotatable bonds is 2. The summed E-state index contributed by atoms with van der Waals surface area (Å²) in [5, 5.41) is 2.64. The van der Waals surface area contributed by atoms with Crippen molar-refractivity contribution in [1.82, 2.24) is 5.32 Å². The van der Waals surface area contributed by atoms with Crippen molar-refractivity contribution in [2.45, 2.75) is 39.8 Å². The van der Waals surface area contributed by atoms with Crippen molar-refractivity contribution in [1.29, 1.82) is 0 Å². The molecule has 1 amide bonds. The van der Waals surface area contributed by atoms with Gasteiger partial charge in [0.2, 0.25) is 5.91 Å². The van der Waals surface area contributed by atoms with E-state index in [4.69, 9.17) is 5.73 Å². The Hall–Kier alpha value is -0.830. The SMILES string of the molecule is C=CC(=O)NC(C)C.CC(C)N. The van der Waals surface area contributed by atoms with E-state index in [-0.39, 0.29) is 11.9 Å². The van der Waals surface area contributed by atoms with Crippen LogP contribution in [0.2, 0.25) is 0 Å². The summed E-state index contributed by atoms with van der Waals surface area (Å²) in [6, 6.07) is 0.542. The maximum Gasteiger partial charge on any atom is 0.243 e. The second-order valence-corrected chi connectivity index (χ2v) is 3.11. The fourth-order valence-electron chi connectivity index (χ4n) is 0.343. The number of nitrogens with two attached hydrogens (primary N) is 1. The van der Waals surface area contributed by atoms with Crippen molar-refractivity contribution in [3.05, 3.63) is 12.7 Å². The highest BCUT2D eigenvalue weighted by molar-refractivity contribution is 5.86. The van der Waals surface area contributed by atoms with Gasteiger partial charge in [0.05, 0.1) is 0 Å². The average molecular weight is 172 g/mol. The van der Waals surface area contributed by atoms with Crippen molar-refractivity contribution >= 4 is 5.91 Å². The highest BCUT2D eigenvalue weighted by Gasteiger charge is 1.93. The molecule has 3 heteroatoms. The number of hydrogen-bond acceptors (Lipinski definition) is 2. The van der Waals surface area contributed by atoms with Crippen molar-refractivity contribution in [2.24, 2.45) is 5.73 Å². The minimum Gasteiger partial charge on any atom is -0.350 e. The minimum atomic E-state index is -0.111. The normalized spacial score (nSPS) is 8.92. The van der Waals surface area contributed by atoms with Crippen LogP contribution in [0.3, 0.4) is 0 Å². The van der Waals surface area contributed by atoms with Crippen molar-refractivity contribution in [3.63, 3.8) is 0 Å². The monoisotopic (exact) mass is 172 g/mol. The van der Waals surface area contributed by atoms with E-state index in [1.165, 1.54) is 6.08 Å². The molecule has 0 rings (SSSR count). The van der Waals surface area contributed by atoms with Gasteiger partial charge >= 0.3 is 0 Å². The third-order valence-corrected chi connectivity index (χ3v) is 0.616. The van der Waals surface area contributed by atoms with E-state index < -0.39 is 0 Å². The van der Waals surface area contributed by atoms with Gasteiger partial charge in [0.15, 0.2) is 0 Å². The molecular formula is C9H20N2O. The number of nitrogens with one attached hydrogen (secondary N) is 1. The Morgan fingerprint density at radius 2 is 1.75 bits per heavy atom. The van der Waals surface area contributed by atoms with Crippen LogP contribution in [0.5, 0.6) is 0 Å². The Labute approximate surface area is 75.0 Å². The van der Waals surface area contributed by atoms with Crippen LogP contribution >= 0.6 is 0 Å². The predicted octanol–water partition coefficient (Wildman–Crippen LogP) is 1.05. The van der Waals surface area contributed by atoms with Crippen LogP contribution < -0.4 is 11.1 Å². The van der Waals surface area contributed by atoms with E-state index in [9.17, 15) is 4.79 Å². The van der Waals surface area contributed by atoms with Gasteiger partial charge in [0, 0.05) is 6.04 Å². The summed E-state index contributed by atoms with van der Waals surface area (Å²) in [5.41, 5.74) is 5.11. The first-order chi connectivity index (χ1) is 5.40. The third kappa shape index (κ3) is 22.9. The Balaban J connectivity index is 0. The van der Waals surface area contributed by atoms with Gasteiger partial charge in [0.25, 0.3) is 0 Å². The van der Waals surface area contributed by atoms with Crippen LogP contribution in [0.4, 0.5) is 0 Å². The van der Waals surface area contributed by atoms with Crippen LogP contribution in [0.15, 0.2) is 12.7 Å². The first-order valence-corrected chi connectivity index (χ1v) is 4.08. The van der Waals surface area contributed by atoms with E-state index in [0.717, 1.165) is 0 Å². The Morgan fingerprint density at radius 3 is 1.83 bits per heavy atom. The molecule has 0 aliphatic carbocycles. The highest BCUT2D eigenvalue weighted by atomic mass is 16.1. The summed E-state index contributed by atoms with van der Waals surface area (Å²) in [6.45, 7) is 11.0. The second kappa shape index (κ2) is 8.27. The van der Waals surface area contributed by atoms with Crippen LogP contribution in [0.25, 0.3) is 0 Å². The molecule has 0 saturated carbocycles. The van der Waals surface area contributed by atoms with Crippen molar-refractivity contribution in [3.8, 4) is 0 Å². The van der Waals surface area contributed by atoms with Gasteiger partial charge in [-0.05, 0) is 26.0 Å². The van der Waals surface area contributed by atoms with Gasteiger partial charge in [-0.2, -0.15) is 0 Å². The van der Waals surface area contributed by atoms with Crippen molar-refractivity contribution < 1.29 is 4.79 Å². The molecule has 0 aromatic rings. The molecule has 0 aromatic carbocycles. The quantitative estimate of drug-likeness (QED) is 0.612. The van der Waals surface area contributed by atoms with Gasteiger partial charge in [-0.1, -0.05) is 20.4 Å². The van der Waals surface area contributed by atoms with E-state index in [2.05, 4.69) is 11.9 Å². The largest absolute Gasteiger partial charge is 0.350 e. The maximum absolute atomic E-state index is 10.4. The fraction of sp³-hybridized carbons (Fsp3) is 0.667. The topological polar surface area (TPSA) is 55.1 Å². The summed E-state index contributed by atoms with van der Waals surface area (Å²) in [6.07, 6.45) is 1.26. The smallest absolute Gasteiger partial charge is 0.243 e. The van der Waals surface area contributed by atoms with Crippen LogP contribution in [-0.4, -0.2) is 18.0 Å². The second-order valence-electron chi connectivity index (χ2n) is 3.11. The van der Waals surface area contributed by atoms with Gasteiger partial charge in [-0.3, -0.25) is 4.79 Å². The minimum absolute atomic E-state index is 0.111. The highest BCUT2D eigenvalue weighted by Crippen LogP contribution is 1.75. The lowest BCUT2D eigenvalue weighted by atomic mass is 10.4. The van der Waals surface area contributed by atoms with Gasteiger partial charge < -0.3 is 11.1 Å². The molecule has 0 aromatic heterocycles. The standard InChI is InChI=1S/C6H11NO.C3H9N/c1-4-6(8)7-5(2)3;1-3(2)4/h4-5H,1H2,2-3H3,(H,7,8);3H,4H2,1-2H3. The summed E-state index contributed by atoms with van der Waals surface area (Å²) in [5.74, 6) is -0.111. The molecule has 0 aliphatic rings. The number of carbonyl (C=O) groups excluding carboxylic acids is 1. The van der Waals surface area contributed by atoms with Gasteiger partial charge in [-0.15, -0.1) is 0 Å². The molecule has 0 aliphatic heterocycles. The molecule has 0 radical (unpaired) electrons. The van der Waals surface area contributed by atoms with E-state index in [1.807, 2.05) is 27.7 Å². The van der Waals surface area contributed by atoms with E-state index in [1.54, 1.807) is 0 Å². The molecular weight excluding hydrogens is 152 g/mol. The summed E-state index contributed by atoms with van der Waals surface area (Å²) >= 11 is 0. The summed E-state index contributed by atoms with van der Waals surface area (Å²) < 4.78 is 0. The first kappa shape index (κ1) is 13.7. The molecule has 0 bridgehead atoms. The van der Waals surface area contributed by atoms with E-state index in [0.29, 0.717) is 6.04 Å². The average Bonchev–Trinajstić information content (AvgIpc) is 1.84. The van der Waals surface area contributed by atoms with Gasteiger partial charge in [-0.25, -0.2) is 0 Å². The van der Waals surface area contributed by atoms with Gasteiger partial charge in [0.1, 0.15) is 0 Å². The Kier molecular flexibility index (Phi) is 9.47. The number of amides is 1.